The lowest BCUT2D eigenvalue weighted by Gasteiger charge is -2.36. The zero-order chi connectivity index (χ0) is 27.0. The number of fused-ring (bicyclic) bond motifs is 2. The van der Waals surface area contributed by atoms with E-state index in [1.807, 2.05) is 18.2 Å². The molecule has 5 rings (SSSR count). The van der Waals surface area contributed by atoms with Crippen LogP contribution >= 0.6 is 15.9 Å². The van der Waals surface area contributed by atoms with Gasteiger partial charge in [-0.1, -0.05) is 39.7 Å². The number of benzene rings is 2. The van der Waals surface area contributed by atoms with Crippen LogP contribution in [0.2, 0.25) is 0 Å². The number of carboxylic acid groups (broad SMARTS) is 1. The predicted octanol–water partition coefficient (Wildman–Crippen LogP) is 4.26. The van der Waals surface area contributed by atoms with Crippen LogP contribution in [0.1, 0.15) is 48.8 Å². The second kappa shape index (κ2) is 10.3. The number of allylic oxidation sites excluding steroid dienone is 1. The van der Waals surface area contributed by atoms with Gasteiger partial charge in [0, 0.05) is 23.1 Å². The number of aryl methyl sites for hydroxylation is 1. The lowest BCUT2D eigenvalue weighted by atomic mass is 9.89. The molecule has 1 aliphatic heterocycles. The number of carboxylic acids is 1. The van der Waals surface area contributed by atoms with Gasteiger partial charge in [0.1, 0.15) is 17.9 Å². The van der Waals surface area contributed by atoms with Crippen molar-refractivity contribution in [2.45, 2.75) is 56.7 Å². The van der Waals surface area contributed by atoms with Crippen LogP contribution in [0.15, 0.2) is 58.6 Å². The van der Waals surface area contributed by atoms with Crippen molar-refractivity contribution in [3.05, 3.63) is 81.1 Å². The average Bonchev–Trinajstić information content (AvgIpc) is 3.35. The summed E-state index contributed by atoms with van der Waals surface area (Å²) in [5, 5.41) is 11.9. The van der Waals surface area contributed by atoms with Gasteiger partial charge in [0.05, 0.1) is 0 Å². The number of rotatable bonds is 6. The highest BCUT2D eigenvalue weighted by Gasteiger charge is 2.55. The van der Waals surface area contributed by atoms with Gasteiger partial charge in [-0.2, -0.15) is 0 Å². The fraction of sp³-hybridized carbons (Fsp3) is 0.357. The second-order valence-electron chi connectivity index (χ2n) is 10.0. The topological polar surface area (TPSA) is 107 Å². The van der Waals surface area contributed by atoms with Crippen molar-refractivity contribution in [1.82, 2.24) is 15.1 Å². The number of aliphatic carboxylic acids is 1. The van der Waals surface area contributed by atoms with Crippen LogP contribution in [0.25, 0.3) is 0 Å². The zero-order valence-corrected chi connectivity index (χ0v) is 22.2. The highest BCUT2D eigenvalue weighted by Crippen LogP contribution is 2.42. The van der Waals surface area contributed by atoms with Crippen LogP contribution in [0, 0.1) is 5.82 Å². The summed E-state index contributed by atoms with van der Waals surface area (Å²) >= 11 is 3.45. The Bertz CT molecular complexity index is 1330. The Kier molecular flexibility index (Phi) is 7.09. The SMILES string of the molecule is O=C(O)C=C1CCC(N(Cc2ccc(F)cc2)C(=O)CN2C(=O)N[C@]3(CCc4cc(Br)ccc43)C2=O)CC1. The largest absolute Gasteiger partial charge is 0.478 e. The molecule has 1 heterocycles. The van der Waals surface area contributed by atoms with E-state index in [-0.39, 0.29) is 24.3 Å². The van der Waals surface area contributed by atoms with Crippen LogP contribution < -0.4 is 5.32 Å². The Morgan fingerprint density at radius 2 is 1.84 bits per heavy atom. The molecule has 0 unspecified atom stereocenters. The van der Waals surface area contributed by atoms with Crippen molar-refractivity contribution in [1.29, 1.82) is 0 Å². The summed E-state index contributed by atoms with van der Waals surface area (Å²) < 4.78 is 14.4. The van der Waals surface area contributed by atoms with Crippen molar-refractivity contribution in [3.63, 3.8) is 0 Å². The maximum absolute atomic E-state index is 13.7. The highest BCUT2D eigenvalue weighted by atomic mass is 79.9. The van der Waals surface area contributed by atoms with Crippen LogP contribution in [0.3, 0.4) is 0 Å². The summed E-state index contributed by atoms with van der Waals surface area (Å²) in [5.74, 6) is -2.21. The molecule has 4 amide bonds. The molecule has 8 nitrogen and oxygen atoms in total. The monoisotopic (exact) mass is 583 g/mol. The summed E-state index contributed by atoms with van der Waals surface area (Å²) in [6.07, 6.45) is 4.44. The van der Waals surface area contributed by atoms with Crippen LogP contribution in [-0.2, 0) is 32.9 Å². The van der Waals surface area contributed by atoms with Crippen LogP contribution in [-0.4, -0.2) is 51.3 Å². The minimum Gasteiger partial charge on any atom is -0.478 e. The number of amides is 4. The molecule has 1 atom stereocenters. The lowest BCUT2D eigenvalue weighted by Crippen LogP contribution is -2.48. The number of imide groups is 1. The minimum absolute atomic E-state index is 0.188. The number of nitrogens with one attached hydrogen (secondary N) is 1. The first-order valence-corrected chi connectivity index (χ1v) is 13.3. The van der Waals surface area contributed by atoms with Crippen molar-refractivity contribution in [2.24, 2.45) is 0 Å². The van der Waals surface area contributed by atoms with Gasteiger partial charge in [0.2, 0.25) is 5.91 Å². The maximum Gasteiger partial charge on any atom is 0.328 e. The number of urea groups is 1. The Hall–Kier alpha value is -3.53. The van der Waals surface area contributed by atoms with Crippen LogP contribution in [0.5, 0.6) is 0 Å². The lowest BCUT2D eigenvalue weighted by molar-refractivity contribution is -0.141. The van der Waals surface area contributed by atoms with E-state index in [4.69, 9.17) is 5.11 Å². The number of carbonyl (C=O) groups is 4. The van der Waals surface area contributed by atoms with Gasteiger partial charge in [0.25, 0.3) is 5.91 Å². The predicted molar refractivity (Wildman–Crippen MR) is 139 cm³/mol. The molecule has 2 fully saturated rings. The van der Waals surface area contributed by atoms with E-state index in [1.54, 1.807) is 17.0 Å². The third-order valence-corrected chi connectivity index (χ3v) is 8.21. The second-order valence-corrected chi connectivity index (χ2v) is 11.0. The summed E-state index contributed by atoms with van der Waals surface area (Å²) in [5.41, 5.74) is 2.09. The standard InChI is InChI=1S/C28H27BrFN3O5/c29-20-5-10-23-19(14-20)11-12-28(23)26(37)33(27(38)31-28)16-24(34)32(15-18-1-6-21(30)7-2-18)22-8-3-17(4-9-22)13-25(35)36/h1-2,5-7,10,13-14,22H,3-4,8-9,11-12,15-16H2,(H,31,38)(H,35,36)/t22?,28-/m0/s1. The molecule has 1 saturated heterocycles. The minimum atomic E-state index is -1.17. The summed E-state index contributed by atoms with van der Waals surface area (Å²) in [6, 6.07) is 10.6. The van der Waals surface area contributed by atoms with Crippen molar-refractivity contribution >= 4 is 39.7 Å². The molecule has 2 N–H and O–H groups in total. The van der Waals surface area contributed by atoms with Gasteiger partial charge < -0.3 is 15.3 Å². The van der Waals surface area contributed by atoms with Crippen molar-refractivity contribution in [2.75, 3.05) is 6.54 Å². The fourth-order valence-electron chi connectivity index (χ4n) is 5.80. The van der Waals surface area contributed by atoms with E-state index < -0.39 is 30.0 Å². The Morgan fingerprint density at radius 3 is 2.53 bits per heavy atom. The number of hydrogen-bond acceptors (Lipinski definition) is 4. The molecular weight excluding hydrogens is 557 g/mol. The van der Waals surface area contributed by atoms with E-state index in [0.29, 0.717) is 38.5 Å². The first-order valence-electron chi connectivity index (χ1n) is 12.6. The van der Waals surface area contributed by atoms with Crippen molar-refractivity contribution < 1.29 is 28.7 Å². The molecule has 38 heavy (non-hydrogen) atoms. The van der Waals surface area contributed by atoms with E-state index in [2.05, 4.69) is 21.2 Å². The summed E-state index contributed by atoms with van der Waals surface area (Å²) in [7, 11) is 0. The first kappa shape index (κ1) is 26.1. The normalized spacial score (nSPS) is 22.4. The van der Waals surface area contributed by atoms with Gasteiger partial charge in [-0.15, -0.1) is 0 Å². The molecular formula is C28H27BrFN3O5. The first-order chi connectivity index (χ1) is 18.2. The molecule has 1 spiro atoms. The number of carbonyl (C=O) groups excluding carboxylic acids is 3. The quantitative estimate of drug-likeness (QED) is 0.390. The maximum atomic E-state index is 13.7. The summed E-state index contributed by atoms with van der Waals surface area (Å²) in [6.45, 7) is -0.221. The fourth-order valence-corrected chi connectivity index (χ4v) is 6.21. The number of hydrogen-bond donors (Lipinski definition) is 2. The summed E-state index contributed by atoms with van der Waals surface area (Å²) in [4.78, 5) is 54.0. The average molecular weight is 584 g/mol. The Morgan fingerprint density at radius 1 is 1.13 bits per heavy atom. The van der Waals surface area contributed by atoms with E-state index >= 15 is 0 Å². The molecule has 2 aromatic rings. The molecule has 198 valence electrons. The zero-order valence-electron chi connectivity index (χ0n) is 20.6. The molecule has 3 aliphatic rings. The molecule has 0 radical (unpaired) electrons. The van der Waals surface area contributed by atoms with Gasteiger partial charge in [0.15, 0.2) is 0 Å². The van der Waals surface area contributed by atoms with Gasteiger partial charge in [-0.3, -0.25) is 14.5 Å². The Labute approximate surface area is 227 Å². The van der Waals surface area contributed by atoms with E-state index in [0.717, 1.165) is 31.6 Å². The van der Waals surface area contributed by atoms with Gasteiger partial charge in [-0.25, -0.2) is 14.0 Å². The number of halogens is 2. The van der Waals surface area contributed by atoms with Crippen molar-refractivity contribution in [3.8, 4) is 0 Å². The molecule has 10 heteroatoms. The Balaban J connectivity index is 1.36. The third kappa shape index (κ3) is 4.97. The van der Waals surface area contributed by atoms with E-state index in [9.17, 15) is 23.6 Å². The van der Waals surface area contributed by atoms with Crippen LogP contribution in [0.4, 0.5) is 9.18 Å². The smallest absolute Gasteiger partial charge is 0.328 e. The highest BCUT2D eigenvalue weighted by molar-refractivity contribution is 9.10. The van der Waals surface area contributed by atoms with Gasteiger partial charge in [-0.05, 0) is 79.5 Å². The van der Waals surface area contributed by atoms with Gasteiger partial charge >= 0.3 is 12.0 Å². The molecule has 0 bridgehead atoms. The third-order valence-electron chi connectivity index (χ3n) is 7.72. The molecule has 2 aliphatic carbocycles. The molecule has 1 saturated carbocycles. The molecule has 0 aromatic heterocycles. The molecule has 2 aromatic carbocycles. The number of nitrogens with zero attached hydrogens (tertiary/aromatic N) is 2. The van der Waals surface area contributed by atoms with E-state index in [1.165, 1.54) is 18.2 Å².